The molecule has 3 aliphatic rings. The van der Waals surface area contributed by atoms with Crippen LogP contribution in [0.2, 0.25) is 5.02 Å². The van der Waals surface area contributed by atoms with Crippen LogP contribution in [0, 0.1) is 5.92 Å². The number of hydrogen-bond donors (Lipinski definition) is 1. The second kappa shape index (κ2) is 8.62. The van der Waals surface area contributed by atoms with Crippen LogP contribution in [0.1, 0.15) is 55.8 Å². The largest absolute Gasteiger partial charge is 0.376 e. The first-order chi connectivity index (χ1) is 14.0. The summed E-state index contributed by atoms with van der Waals surface area (Å²) < 4.78 is 11.8. The number of benzene rings is 1. The van der Waals surface area contributed by atoms with E-state index in [2.05, 4.69) is 12.2 Å². The van der Waals surface area contributed by atoms with Gasteiger partial charge in [-0.25, -0.2) is 0 Å². The quantitative estimate of drug-likeness (QED) is 0.810. The molecule has 2 heterocycles. The summed E-state index contributed by atoms with van der Waals surface area (Å²) in [4.78, 5) is 28.3. The first-order valence-electron chi connectivity index (χ1n) is 10.6. The molecule has 2 amide bonds. The van der Waals surface area contributed by atoms with E-state index in [0.29, 0.717) is 23.0 Å². The standard InChI is InChI=1S/C22H29ClN2O4/c1-15-8-10-22(11-9-15)25(21(27)17-6-2-3-7-18(17)23)19(14-29-22)20(26)24-13-16-5-4-12-28-16/h2-3,6-7,15-16,19H,4-5,8-14H2,1H3,(H,24,26)/t15?,16-,19+,22?/m0/s1. The monoisotopic (exact) mass is 420 g/mol. The van der Waals surface area contributed by atoms with Gasteiger partial charge in [-0.3, -0.25) is 14.5 Å². The van der Waals surface area contributed by atoms with Gasteiger partial charge in [0.25, 0.3) is 5.91 Å². The number of rotatable bonds is 4. The maximum Gasteiger partial charge on any atom is 0.258 e. The molecule has 2 aliphatic heterocycles. The molecule has 0 radical (unpaired) electrons. The number of amides is 2. The van der Waals surface area contributed by atoms with Gasteiger partial charge < -0.3 is 14.8 Å². The molecule has 6 nitrogen and oxygen atoms in total. The predicted molar refractivity (Wildman–Crippen MR) is 110 cm³/mol. The van der Waals surface area contributed by atoms with E-state index >= 15 is 0 Å². The molecule has 29 heavy (non-hydrogen) atoms. The Bertz CT molecular complexity index is 757. The minimum absolute atomic E-state index is 0.0541. The smallest absolute Gasteiger partial charge is 0.258 e. The number of carbonyl (C=O) groups is 2. The molecule has 2 atom stereocenters. The van der Waals surface area contributed by atoms with Gasteiger partial charge in [0, 0.05) is 13.2 Å². The lowest BCUT2D eigenvalue weighted by atomic mass is 9.83. The number of ether oxygens (including phenoxy) is 2. The zero-order valence-corrected chi connectivity index (χ0v) is 17.6. The van der Waals surface area contributed by atoms with E-state index in [4.69, 9.17) is 21.1 Å². The van der Waals surface area contributed by atoms with Gasteiger partial charge in [-0.1, -0.05) is 30.7 Å². The summed E-state index contributed by atoms with van der Waals surface area (Å²) in [5.74, 6) is 0.171. The summed E-state index contributed by atoms with van der Waals surface area (Å²) in [5.41, 5.74) is -0.316. The van der Waals surface area contributed by atoms with Crippen molar-refractivity contribution in [2.45, 2.75) is 63.3 Å². The Morgan fingerprint density at radius 3 is 2.69 bits per heavy atom. The highest BCUT2D eigenvalue weighted by Crippen LogP contribution is 2.43. The average Bonchev–Trinajstić information content (AvgIpc) is 3.37. The van der Waals surface area contributed by atoms with Crippen LogP contribution in [0.3, 0.4) is 0 Å². The van der Waals surface area contributed by atoms with Crippen LogP contribution < -0.4 is 5.32 Å². The molecule has 1 spiro atoms. The summed E-state index contributed by atoms with van der Waals surface area (Å²) in [7, 11) is 0. The molecule has 0 bridgehead atoms. The lowest BCUT2D eigenvalue weighted by Gasteiger charge is -2.43. The molecule has 1 aromatic rings. The van der Waals surface area contributed by atoms with Crippen molar-refractivity contribution in [1.82, 2.24) is 10.2 Å². The Labute approximate surface area is 176 Å². The van der Waals surface area contributed by atoms with Crippen molar-refractivity contribution in [3.63, 3.8) is 0 Å². The fraction of sp³-hybridized carbons (Fsp3) is 0.636. The highest BCUT2D eigenvalue weighted by molar-refractivity contribution is 6.33. The van der Waals surface area contributed by atoms with Gasteiger partial charge in [0.2, 0.25) is 5.91 Å². The zero-order chi connectivity index (χ0) is 20.4. The fourth-order valence-corrected chi connectivity index (χ4v) is 4.90. The van der Waals surface area contributed by atoms with E-state index in [1.807, 2.05) is 0 Å². The first kappa shape index (κ1) is 20.6. The zero-order valence-electron chi connectivity index (χ0n) is 16.9. The minimum Gasteiger partial charge on any atom is -0.376 e. The highest BCUT2D eigenvalue weighted by Gasteiger charge is 2.53. The molecule has 3 fully saturated rings. The summed E-state index contributed by atoms with van der Waals surface area (Å²) in [6, 6.07) is 6.34. The second-order valence-electron chi connectivity index (χ2n) is 8.49. The normalized spacial score (nSPS) is 31.9. The number of nitrogens with zero attached hydrogens (tertiary/aromatic N) is 1. The molecule has 1 saturated carbocycles. The molecular formula is C22H29ClN2O4. The lowest BCUT2D eigenvalue weighted by Crippen LogP contribution is -2.57. The molecule has 0 unspecified atom stereocenters. The first-order valence-corrected chi connectivity index (χ1v) is 11.0. The molecule has 1 aliphatic carbocycles. The molecular weight excluding hydrogens is 392 g/mol. The van der Waals surface area contributed by atoms with E-state index < -0.39 is 11.8 Å². The van der Waals surface area contributed by atoms with E-state index in [1.54, 1.807) is 29.2 Å². The van der Waals surface area contributed by atoms with Crippen molar-refractivity contribution in [2.75, 3.05) is 19.8 Å². The highest BCUT2D eigenvalue weighted by atomic mass is 35.5. The Hall–Kier alpha value is -1.63. The van der Waals surface area contributed by atoms with Crippen LogP contribution in [0.5, 0.6) is 0 Å². The Morgan fingerprint density at radius 1 is 1.24 bits per heavy atom. The Balaban J connectivity index is 1.57. The number of halogens is 1. The summed E-state index contributed by atoms with van der Waals surface area (Å²) in [5, 5.41) is 3.37. The fourth-order valence-electron chi connectivity index (χ4n) is 4.68. The van der Waals surface area contributed by atoms with Crippen LogP contribution >= 0.6 is 11.6 Å². The van der Waals surface area contributed by atoms with Crippen LogP contribution in [0.4, 0.5) is 0 Å². The van der Waals surface area contributed by atoms with Gasteiger partial charge in [-0.2, -0.15) is 0 Å². The molecule has 7 heteroatoms. The van der Waals surface area contributed by atoms with Gasteiger partial charge in [0.15, 0.2) is 0 Å². The maximum absolute atomic E-state index is 13.6. The lowest BCUT2D eigenvalue weighted by molar-refractivity contribution is -0.128. The van der Waals surface area contributed by atoms with Crippen molar-refractivity contribution in [3.05, 3.63) is 34.9 Å². The van der Waals surface area contributed by atoms with Gasteiger partial charge >= 0.3 is 0 Å². The number of carbonyl (C=O) groups excluding carboxylic acids is 2. The molecule has 4 rings (SSSR count). The van der Waals surface area contributed by atoms with Crippen LogP contribution in [0.15, 0.2) is 24.3 Å². The third-order valence-corrected chi connectivity index (χ3v) is 6.80. The van der Waals surface area contributed by atoms with Gasteiger partial charge in [0.1, 0.15) is 11.8 Å². The van der Waals surface area contributed by atoms with Crippen LogP contribution in [-0.4, -0.2) is 54.3 Å². The Kier molecular flexibility index (Phi) is 6.13. The third-order valence-electron chi connectivity index (χ3n) is 6.47. The molecule has 158 valence electrons. The van der Waals surface area contributed by atoms with Gasteiger partial charge in [-0.15, -0.1) is 0 Å². The predicted octanol–water partition coefficient (Wildman–Crippen LogP) is 3.38. The van der Waals surface area contributed by atoms with Crippen molar-refractivity contribution in [2.24, 2.45) is 5.92 Å². The second-order valence-corrected chi connectivity index (χ2v) is 8.90. The molecule has 0 aromatic heterocycles. The molecule has 1 aromatic carbocycles. The van der Waals surface area contributed by atoms with Crippen LogP contribution in [-0.2, 0) is 14.3 Å². The molecule has 1 N–H and O–H groups in total. The maximum atomic E-state index is 13.6. The third kappa shape index (κ3) is 4.16. The summed E-state index contributed by atoms with van der Waals surface area (Å²) in [6.07, 6.45) is 5.43. The van der Waals surface area contributed by atoms with Crippen LogP contribution in [0.25, 0.3) is 0 Å². The topological polar surface area (TPSA) is 67.9 Å². The number of hydrogen-bond acceptors (Lipinski definition) is 4. The van der Waals surface area contributed by atoms with Crippen molar-refractivity contribution >= 4 is 23.4 Å². The van der Waals surface area contributed by atoms with E-state index in [0.717, 1.165) is 45.1 Å². The average molecular weight is 421 g/mol. The van der Waals surface area contributed by atoms with Gasteiger partial charge in [0.05, 0.1) is 23.3 Å². The minimum atomic E-state index is -0.728. The van der Waals surface area contributed by atoms with Crippen molar-refractivity contribution < 1.29 is 19.1 Å². The number of nitrogens with one attached hydrogen (secondary N) is 1. The summed E-state index contributed by atoms with van der Waals surface area (Å²) >= 11 is 6.32. The molecule has 2 saturated heterocycles. The van der Waals surface area contributed by atoms with Crippen molar-refractivity contribution in [1.29, 1.82) is 0 Å². The SMILES string of the molecule is CC1CCC2(CC1)OC[C@H](C(=O)NC[C@@H]1CCCO1)N2C(=O)c1ccccc1Cl. The van der Waals surface area contributed by atoms with E-state index in [-0.39, 0.29) is 24.5 Å². The van der Waals surface area contributed by atoms with Gasteiger partial charge in [-0.05, 0) is 56.6 Å². The van der Waals surface area contributed by atoms with Crippen molar-refractivity contribution in [3.8, 4) is 0 Å². The van der Waals surface area contributed by atoms with E-state index in [9.17, 15) is 9.59 Å². The Morgan fingerprint density at radius 2 is 2.00 bits per heavy atom. The summed E-state index contributed by atoms with van der Waals surface area (Å²) in [6.45, 7) is 3.63. The van der Waals surface area contributed by atoms with E-state index in [1.165, 1.54) is 0 Å².